The predicted octanol–water partition coefficient (Wildman–Crippen LogP) is 4.46. The minimum atomic E-state index is -4.25. The van der Waals surface area contributed by atoms with E-state index in [0.29, 0.717) is 18.4 Å². The Morgan fingerprint density at radius 3 is 2.55 bits per heavy atom. The summed E-state index contributed by atoms with van der Waals surface area (Å²) in [6.45, 7) is 2.12. The molecule has 0 bridgehead atoms. The topological polar surface area (TPSA) is 88.6 Å². The van der Waals surface area contributed by atoms with Gasteiger partial charge in [0.15, 0.2) is 15.6 Å². The molecule has 0 radical (unpaired) electrons. The van der Waals surface area contributed by atoms with E-state index in [9.17, 15) is 26.4 Å². The molecule has 0 spiro atoms. The Labute approximate surface area is 223 Å². The van der Waals surface area contributed by atoms with E-state index in [1.54, 1.807) is 68.0 Å². The number of nitrogens with zero attached hydrogens (tertiary/aromatic N) is 2. The lowest BCUT2D eigenvalue weighted by Gasteiger charge is -2.24. The normalized spacial score (nSPS) is 17.2. The van der Waals surface area contributed by atoms with Crippen molar-refractivity contribution in [2.45, 2.75) is 49.3 Å². The fourth-order valence-electron chi connectivity index (χ4n) is 3.87. The standard InChI is InChI=1S/C27H36F3N3O4S/c1-4-6-23(13-17-33(2)18-14-27(28,29)30)38(35,36)24-8-5-7-22(9-10-24)20-32-26(34)25(37-3)19-21-11-15-31-16-12-21/h5,7-12,15-16,19,23-24H,4,6,13-14,17-18,20H2,1-3H3,(H,32,34)/b25-19-. The second kappa shape index (κ2) is 14.9. The molecule has 1 amide bonds. The third kappa shape index (κ3) is 10.4. The van der Waals surface area contributed by atoms with Crippen LogP contribution in [0.25, 0.3) is 6.08 Å². The maximum Gasteiger partial charge on any atom is 0.390 e. The highest BCUT2D eigenvalue weighted by molar-refractivity contribution is 7.93. The van der Waals surface area contributed by atoms with Gasteiger partial charge in [-0.3, -0.25) is 9.78 Å². The summed E-state index contributed by atoms with van der Waals surface area (Å²) in [6, 6.07) is 3.47. The summed E-state index contributed by atoms with van der Waals surface area (Å²) in [5, 5.41) is 1.22. The maximum atomic E-state index is 13.4. The van der Waals surface area contributed by atoms with Gasteiger partial charge >= 0.3 is 6.18 Å². The van der Waals surface area contributed by atoms with Gasteiger partial charge in [0.2, 0.25) is 0 Å². The molecule has 2 unspecified atom stereocenters. The van der Waals surface area contributed by atoms with Gasteiger partial charge in [-0.2, -0.15) is 13.2 Å². The molecule has 1 heterocycles. The molecular formula is C27H36F3N3O4S. The molecule has 7 nitrogen and oxygen atoms in total. The van der Waals surface area contributed by atoms with Crippen LogP contribution in [0.15, 0.2) is 66.2 Å². The number of rotatable bonds is 14. The molecule has 210 valence electrons. The molecule has 1 aromatic rings. The Bertz CT molecular complexity index is 1130. The Kier molecular flexibility index (Phi) is 12.2. The number of carbonyl (C=O) groups excluding carboxylic acids is 1. The SMILES string of the molecule is CCCC(CCN(C)CCC(F)(F)F)S(=O)(=O)C1C=CC=C(CNC(=O)/C(=C/c2ccncc2)OC)C=C1. The lowest BCUT2D eigenvalue weighted by molar-refractivity contribution is -0.137. The summed E-state index contributed by atoms with van der Waals surface area (Å²) in [7, 11) is -0.665. The molecule has 0 saturated heterocycles. The molecule has 11 heteroatoms. The Morgan fingerprint density at radius 1 is 1.21 bits per heavy atom. The molecule has 0 aliphatic heterocycles. The van der Waals surface area contributed by atoms with Crippen LogP contribution in [0.1, 0.15) is 38.2 Å². The molecule has 38 heavy (non-hydrogen) atoms. The molecule has 1 aliphatic carbocycles. The first-order valence-electron chi connectivity index (χ1n) is 12.4. The average molecular weight is 556 g/mol. The van der Waals surface area contributed by atoms with Crippen LogP contribution >= 0.6 is 0 Å². The third-order valence-electron chi connectivity index (χ3n) is 6.08. The number of methoxy groups -OCH3 is 1. The Hall–Kier alpha value is -2.92. The van der Waals surface area contributed by atoms with Crippen molar-refractivity contribution in [1.82, 2.24) is 15.2 Å². The molecule has 0 saturated carbocycles. The predicted molar refractivity (Wildman–Crippen MR) is 143 cm³/mol. The van der Waals surface area contributed by atoms with Gasteiger partial charge in [-0.15, -0.1) is 0 Å². The number of halogens is 3. The van der Waals surface area contributed by atoms with E-state index in [0.717, 1.165) is 5.56 Å². The first-order valence-corrected chi connectivity index (χ1v) is 14.0. The number of sulfone groups is 1. The monoisotopic (exact) mass is 555 g/mol. The number of aromatic nitrogens is 1. The number of ether oxygens (including phenoxy) is 1. The average Bonchev–Trinajstić information content (AvgIpc) is 3.13. The smallest absolute Gasteiger partial charge is 0.390 e. The van der Waals surface area contributed by atoms with Gasteiger partial charge in [0.05, 0.1) is 24.0 Å². The zero-order valence-electron chi connectivity index (χ0n) is 21.9. The van der Waals surface area contributed by atoms with Crippen molar-refractivity contribution >= 4 is 21.8 Å². The summed E-state index contributed by atoms with van der Waals surface area (Å²) >= 11 is 0. The van der Waals surface area contributed by atoms with Gasteiger partial charge in [-0.1, -0.05) is 43.7 Å². The largest absolute Gasteiger partial charge is 0.491 e. The number of carbonyl (C=O) groups is 1. The van der Waals surface area contributed by atoms with Crippen LogP contribution in [0.3, 0.4) is 0 Å². The van der Waals surface area contributed by atoms with Crippen molar-refractivity contribution in [2.24, 2.45) is 0 Å². The van der Waals surface area contributed by atoms with Crippen molar-refractivity contribution < 1.29 is 31.1 Å². The van der Waals surface area contributed by atoms with Crippen molar-refractivity contribution in [2.75, 3.05) is 33.8 Å². The molecule has 1 aliphatic rings. The van der Waals surface area contributed by atoms with Gasteiger partial charge in [0, 0.05) is 25.5 Å². The van der Waals surface area contributed by atoms with Crippen molar-refractivity contribution in [1.29, 1.82) is 0 Å². The van der Waals surface area contributed by atoms with Crippen LogP contribution in [-0.4, -0.2) is 74.7 Å². The minimum Gasteiger partial charge on any atom is -0.491 e. The zero-order chi connectivity index (χ0) is 28.2. The van der Waals surface area contributed by atoms with Crippen molar-refractivity contribution in [3.63, 3.8) is 0 Å². The summed E-state index contributed by atoms with van der Waals surface area (Å²) in [5.74, 6) is -0.304. The highest BCUT2D eigenvalue weighted by atomic mass is 32.2. The summed E-state index contributed by atoms with van der Waals surface area (Å²) in [6.07, 6.45) is 9.14. The van der Waals surface area contributed by atoms with E-state index in [1.807, 2.05) is 6.92 Å². The molecule has 2 rings (SSSR count). The summed E-state index contributed by atoms with van der Waals surface area (Å²) < 4.78 is 69.5. The van der Waals surface area contributed by atoms with Crippen LogP contribution in [-0.2, 0) is 19.4 Å². The number of pyridine rings is 1. The molecule has 1 N–H and O–H groups in total. The van der Waals surface area contributed by atoms with E-state index in [-0.39, 0.29) is 31.8 Å². The lowest BCUT2D eigenvalue weighted by Crippen LogP contribution is -2.34. The van der Waals surface area contributed by atoms with Crippen LogP contribution in [0.5, 0.6) is 0 Å². The number of amides is 1. The minimum absolute atomic E-state index is 0.119. The Balaban J connectivity index is 2.00. The van der Waals surface area contributed by atoms with Crippen molar-refractivity contribution in [3.8, 4) is 0 Å². The third-order valence-corrected chi connectivity index (χ3v) is 8.55. The molecule has 2 atom stereocenters. The first kappa shape index (κ1) is 31.3. The quantitative estimate of drug-likeness (QED) is 0.269. The fourth-order valence-corrected chi connectivity index (χ4v) is 5.92. The number of hydrogen-bond donors (Lipinski definition) is 1. The number of nitrogens with one attached hydrogen (secondary N) is 1. The van der Waals surface area contributed by atoms with Crippen LogP contribution in [0.4, 0.5) is 13.2 Å². The van der Waals surface area contributed by atoms with Crippen LogP contribution in [0.2, 0.25) is 0 Å². The summed E-state index contributed by atoms with van der Waals surface area (Å²) in [5.41, 5.74) is 1.45. The molecule has 0 fully saturated rings. The van der Waals surface area contributed by atoms with E-state index in [1.165, 1.54) is 12.0 Å². The van der Waals surface area contributed by atoms with Crippen LogP contribution < -0.4 is 5.32 Å². The second-order valence-corrected chi connectivity index (χ2v) is 11.5. The summed E-state index contributed by atoms with van der Waals surface area (Å²) in [4.78, 5) is 18.0. The number of allylic oxidation sites excluding steroid dienone is 2. The van der Waals surface area contributed by atoms with Crippen molar-refractivity contribution in [3.05, 3.63) is 71.8 Å². The van der Waals surface area contributed by atoms with Gasteiger partial charge in [-0.05, 0) is 55.8 Å². The molecule has 0 aromatic carbocycles. The number of alkyl halides is 3. The van der Waals surface area contributed by atoms with Gasteiger partial charge in [-0.25, -0.2) is 8.42 Å². The molecule has 1 aromatic heterocycles. The second-order valence-electron chi connectivity index (χ2n) is 9.08. The fraction of sp³-hybridized carbons (Fsp3) is 0.481. The zero-order valence-corrected chi connectivity index (χ0v) is 22.8. The first-order chi connectivity index (χ1) is 18.0. The molecular weight excluding hydrogens is 519 g/mol. The lowest BCUT2D eigenvalue weighted by atomic mass is 10.2. The van der Waals surface area contributed by atoms with Crippen LogP contribution in [0, 0.1) is 0 Å². The number of hydrogen-bond acceptors (Lipinski definition) is 6. The Morgan fingerprint density at radius 2 is 1.92 bits per heavy atom. The van der Waals surface area contributed by atoms with Gasteiger partial charge in [0.1, 0.15) is 0 Å². The van der Waals surface area contributed by atoms with E-state index < -0.39 is 38.8 Å². The van der Waals surface area contributed by atoms with E-state index >= 15 is 0 Å². The van der Waals surface area contributed by atoms with Gasteiger partial charge in [0.25, 0.3) is 5.91 Å². The highest BCUT2D eigenvalue weighted by Gasteiger charge is 2.32. The van der Waals surface area contributed by atoms with E-state index in [2.05, 4.69) is 10.3 Å². The van der Waals surface area contributed by atoms with E-state index in [4.69, 9.17) is 4.74 Å². The highest BCUT2D eigenvalue weighted by Crippen LogP contribution is 2.23. The maximum absolute atomic E-state index is 13.4. The van der Waals surface area contributed by atoms with Gasteiger partial charge < -0.3 is 15.0 Å².